The van der Waals surface area contributed by atoms with Crippen molar-refractivity contribution in [2.75, 3.05) is 10.6 Å². The smallest absolute Gasteiger partial charge is 0.228 e. The zero-order chi connectivity index (χ0) is 20.6. The molecule has 0 aliphatic carbocycles. The molecular weight excluding hydrogens is 388 g/mol. The van der Waals surface area contributed by atoms with Crippen molar-refractivity contribution in [3.8, 4) is 5.75 Å². The highest BCUT2D eigenvalue weighted by Crippen LogP contribution is 2.18. The van der Waals surface area contributed by atoms with E-state index in [1.165, 1.54) is 6.92 Å². The van der Waals surface area contributed by atoms with Crippen LogP contribution < -0.4 is 15.4 Å². The molecule has 2 N–H and O–H groups in total. The summed E-state index contributed by atoms with van der Waals surface area (Å²) in [5.74, 6) is 0.467. The van der Waals surface area contributed by atoms with Crippen molar-refractivity contribution in [3.63, 3.8) is 0 Å². The van der Waals surface area contributed by atoms with E-state index in [0.29, 0.717) is 28.8 Å². The summed E-state index contributed by atoms with van der Waals surface area (Å²) in [6.07, 6.45) is 0.245. The fraction of sp³-hybridized carbons (Fsp3) is 0.130. The van der Waals surface area contributed by atoms with Crippen molar-refractivity contribution in [1.82, 2.24) is 0 Å². The van der Waals surface area contributed by atoms with Crippen LogP contribution in [-0.2, 0) is 22.6 Å². The third-order valence-corrected chi connectivity index (χ3v) is 4.35. The molecule has 2 amide bonds. The molecule has 0 fully saturated rings. The highest BCUT2D eigenvalue weighted by Gasteiger charge is 2.05. The maximum absolute atomic E-state index is 12.2. The molecule has 0 aliphatic heterocycles. The standard InChI is InChI=1S/C23H21ClN2O3/c1-16(27)25-20-8-4-17(5-9-20)14-23(28)26-21-10-12-22(13-11-21)29-15-18-2-6-19(24)7-3-18/h2-13H,14-15H2,1H3,(H,25,27)(H,26,28). The second-order valence-electron chi connectivity index (χ2n) is 6.54. The number of anilines is 2. The molecule has 0 atom stereocenters. The van der Waals surface area contributed by atoms with Gasteiger partial charge in [-0.1, -0.05) is 35.9 Å². The van der Waals surface area contributed by atoms with E-state index < -0.39 is 0 Å². The van der Waals surface area contributed by atoms with Crippen molar-refractivity contribution < 1.29 is 14.3 Å². The van der Waals surface area contributed by atoms with E-state index in [0.717, 1.165) is 11.1 Å². The van der Waals surface area contributed by atoms with E-state index in [-0.39, 0.29) is 18.2 Å². The van der Waals surface area contributed by atoms with Crippen LogP contribution in [0.15, 0.2) is 72.8 Å². The average Bonchev–Trinajstić information content (AvgIpc) is 2.70. The van der Waals surface area contributed by atoms with E-state index in [1.807, 2.05) is 48.5 Å². The Morgan fingerprint density at radius 3 is 1.97 bits per heavy atom. The molecule has 6 heteroatoms. The first kappa shape index (κ1) is 20.4. The number of benzene rings is 3. The van der Waals surface area contributed by atoms with Gasteiger partial charge in [0.1, 0.15) is 12.4 Å². The summed E-state index contributed by atoms with van der Waals surface area (Å²) in [4.78, 5) is 23.3. The summed E-state index contributed by atoms with van der Waals surface area (Å²) in [6.45, 7) is 1.90. The lowest BCUT2D eigenvalue weighted by atomic mass is 10.1. The number of amides is 2. The van der Waals surface area contributed by atoms with Crippen LogP contribution in [0.25, 0.3) is 0 Å². The number of rotatable bonds is 7. The molecular formula is C23H21ClN2O3. The Kier molecular flexibility index (Phi) is 6.87. The molecule has 0 bridgehead atoms. The summed E-state index contributed by atoms with van der Waals surface area (Å²) in [7, 11) is 0. The van der Waals surface area contributed by atoms with Crippen LogP contribution in [0.4, 0.5) is 11.4 Å². The third-order valence-electron chi connectivity index (χ3n) is 4.10. The van der Waals surface area contributed by atoms with Gasteiger partial charge in [-0.05, 0) is 59.7 Å². The largest absolute Gasteiger partial charge is 0.489 e. The maximum Gasteiger partial charge on any atom is 0.228 e. The van der Waals surface area contributed by atoms with Gasteiger partial charge in [0.2, 0.25) is 11.8 Å². The summed E-state index contributed by atoms with van der Waals surface area (Å²) in [6, 6.07) is 21.9. The van der Waals surface area contributed by atoms with Crippen LogP contribution in [0.5, 0.6) is 5.75 Å². The highest BCUT2D eigenvalue weighted by molar-refractivity contribution is 6.30. The monoisotopic (exact) mass is 408 g/mol. The fourth-order valence-corrected chi connectivity index (χ4v) is 2.81. The predicted molar refractivity (Wildman–Crippen MR) is 115 cm³/mol. The van der Waals surface area contributed by atoms with Crippen LogP contribution in [0.3, 0.4) is 0 Å². The lowest BCUT2D eigenvalue weighted by Crippen LogP contribution is -2.14. The van der Waals surface area contributed by atoms with E-state index >= 15 is 0 Å². The first-order chi connectivity index (χ1) is 14.0. The number of ether oxygens (including phenoxy) is 1. The number of hydrogen-bond donors (Lipinski definition) is 2. The number of carbonyl (C=O) groups is 2. The van der Waals surface area contributed by atoms with Gasteiger partial charge in [0.15, 0.2) is 0 Å². The zero-order valence-electron chi connectivity index (χ0n) is 15.9. The van der Waals surface area contributed by atoms with E-state index in [2.05, 4.69) is 10.6 Å². The summed E-state index contributed by atoms with van der Waals surface area (Å²) in [5.41, 5.74) is 3.29. The molecule has 3 aromatic carbocycles. The Morgan fingerprint density at radius 2 is 1.34 bits per heavy atom. The number of hydrogen-bond acceptors (Lipinski definition) is 3. The van der Waals surface area contributed by atoms with Crippen LogP contribution in [0, 0.1) is 0 Å². The Bertz CT molecular complexity index is 969. The molecule has 3 aromatic rings. The van der Waals surface area contributed by atoms with Gasteiger partial charge in [-0.25, -0.2) is 0 Å². The number of nitrogens with one attached hydrogen (secondary N) is 2. The molecule has 148 valence electrons. The molecule has 0 saturated carbocycles. The van der Waals surface area contributed by atoms with Gasteiger partial charge in [0.05, 0.1) is 6.42 Å². The van der Waals surface area contributed by atoms with Gasteiger partial charge in [-0.3, -0.25) is 9.59 Å². The number of halogens is 1. The molecule has 0 heterocycles. The van der Waals surface area contributed by atoms with Crippen molar-refractivity contribution in [3.05, 3.63) is 88.9 Å². The van der Waals surface area contributed by atoms with Gasteiger partial charge in [0.25, 0.3) is 0 Å². The lowest BCUT2D eigenvalue weighted by molar-refractivity contribution is -0.116. The summed E-state index contributed by atoms with van der Waals surface area (Å²) >= 11 is 5.87. The molecule has 0 saturated heterocycles. The molecule has 0 unspecified atom stereocenters. The minimum Gasteiger partial charge on any atom is -0.489 e. The topological polar surface area (TPSA) is 67.4 Å². The SMILES string of the molecule is CC(=O)Nc1ccc(CC(=O)Nc2ccc(OCc3ccc(Cl)cc3)cc2)cc1. The summed E-state index contributed by atoms with van der Waals surface area (Å²) < 4.78 is 5.74. The zero-order valence-corrected chi connectivity index (χ0v) is 16.7. The Labute approximate surface area is 174 Å². The highest BCUT2D eigenvalue weighted by atomic mass is 35.5. The second-order valence-corrected chi connectivity index (χ2v) is 6.98. The Balaban J connectivity index is 1.49. The predicted octanol–water partition coefficient (Wildman–Crippen LogP) is 5.06. The fourth-order valence-electron chi connectivity index (χ4n) is 2.68. The van der Waals surface area contributed by atoms with Crippen LogP contribution in [0.2, 0.25) is 5.02 Å². The average molecular weight is 409 g/mol. The lowest BCUT2D eigenvalue weighted by Gasteiger charge is -2.09. The minimum absolute atomic E-state index is 0.118. The summed E-state index contributed by atoms with van der Waals surface area (Å²) in [5, 5.41) is 6.25. The van der Waals surface area contributed by atoms with Crippen LogP contribution >= 0.6 is 11.6 Å². The molecule has 0 spiro atoms. The quantitative estimate of drug-likeness (QED) is 0.574. The first-order valence-electron chi connectivity index (χ1n) is 9.11. The van der Waals surface area contributed by atoms with Crippen molar-refractivity contribution in [2.45, 2.75) is 20.0 Å². The molecule has 0 aliphatic rings. The van der Waals surface area contributed by atoms with Crippen LogP contribution in [0.1, 0.15) is 18.1 Å². The third kappa shape index (κ3) is 6.66. The van der Waals surface area contributed by atoms with E-state index in [1.54, 1.807) is 24.3 Å². The normalized spacial score (nSPS) is 10.3. The molecule has 0 radical (unpaired) electrons. The molecule has 0 aromatic heterocycles. The Hall–Kier alpha value is -3.31. The van der Waals surface area contributed by atoms with Gasteiger partial charge >= 0.3 is 0 Å². The van der Waals surface area contributed by atoms with Gasteiger partial charge in [-0.15, -0.1) is 0 Å². The second kappa shape index (κ2) is 9.75. The number of carbonyl (C=O) groups excluding carboxylic acids is 2. The van der Waals surface area contributed by atoms with Gasteiger partial charge in [0, 0.05) is 23.3 Å². The van der Waals surface area contributed by atoms with Crippen molar-refractivity contribution in [1.29, 1.82) is 0 Å². The van der Waals surface area contributed by atoms with Crippen LogP contribution in [-0.4, -0.2) is 11.8 Å². The minimum atomic E-state index is -0.129. The Morgan fingerprint density at radius 1 is 0.793 bits per heavy atom. The maximum atomic E-state index is 12.2. The van der Waals surface area contributed by atoms with Crippen molar-refractivity contribution in [2.24, 2.45) is 0 Å². The van der Waals surface area contributed by atoms with Crippen molar-refractivity contribution >= 4 is 34.8 Å². The molecule has 29 heavy (non-hydrogen) atoms. The van der Waals surface area contributed by atoms with Gasteiger partial charge < -0.3 is 15.4 Å². The van der Waals surface area contributed by atoms with E-state index in [9.17, 15) is 9.59 Å². The van der Waals surface area contributed by atoms with E-state index in [4.69, 9.17) is 16.3 Å². The molecule has 3 rings (SSSR count). The van der Waals surface area contributed by atoms with Gasteiger partial charge in [-0.2, -0.15) is 0 Å². The molecule has 5 nitrogen and oxygen atoms in total. The first-order valence-corrected chi connectivity index (χ1v) is 9.49.